The number of benzene rings is 2. The predicted molar refractivity (Wildman–Crippen MR) is 71.3 cm³/mol. The second-order valence-electron chi connectivity index (χ2n) is 3.87. The van der Waals surface area contributed by atoms with Gasteiger partial charge in [0, 0.05) is 4.47 Å². The van der Waals surface area contributed by atoms with Crippen molar-refractivity contribution in [3.05, 3.63) is 58.1 Å². The van der Waals surface area contributed by atoms with Crippen LogP contribution in [0.4, 0.5) is 0 Å². The van der Waals surface area contributed by atoms with Crippen molar-refractivity contribution in [3.63, 3.8) is 0 Å². The lowest BCUT2D eigenvalue weighted by Gasteiger charge is -2.08. The molecule has 0 saturated heterocycles. The van der Waals surface area contributed by atoms with Crippen LogP contribution in [0.1, 0.15) is 11.1 Å². The molecule has 0 aliphatic carbocycles. The molecule has 0 atom stereocenters. The van der Waals surface area contributed by atoms with Crippen LogP contribution >= 0.6 is 15.9 Å². The van der Waals surface area contributed by atoms with Crippen LogP contribution in [0.5, 0.6) is 11.5 Å². The van der Waals surface area contributed by atoms with E-state index in [9.17, 15) is 0 Å². The molecule has 1 N–H and O–H groups in total. The molecule has 0 aromatic heterocycles. The molecule has 3 heteroatoms. The molecule has 17 heavy (non-hydrogen) atoms. The second-order valence-corrected chi connectivity index (χ2v) is 4.72. The summed E-state index contributed by atoms with van der Waals surface area (Å²) in [6, 6.07) is 12.9. The molecule has 88 valence electrons. The van der Waals surface area contributed by atoms with Gasteiger partial charge in [0.1, 0.15) is 18.1 Å². The molecule has 0 bridgehead atoms. The van der Waals surface area contributed by atoms with Crippen LogP contribution in [0.3, 0.4) is 0 Å². The molecular weight excluding hydrogens is 280 g/mol. The first-order valence-electron chi connectivity index (χ1n) is 5.32. The maximum atomic E-state index is 9.16. The number of phenols is 1. The quantitative estimate of drug-likeness (QED) is 0.925. The van der Waals surface area contributed by atoms with Crippen LogP contribution in [0.15, 0.2) is 46.9 Å². The van der Waals surface area contributed by atoms with E-state index in [4.69, 9.17) is 9.84 Å². The summed E-state index contributed by atoms with van der Waals surface area (Å²) in [5.74, 6) is 1.12. The van der Waals surface area contributed by atoms with Crippen LogP contribution < -0.4 is 4.74 Å². The first-order chi connectivity index (χ1) is 8.15. The van der Waals surface area contributed by atoms with Crippen molar-refractivity contribution in [1.29, 1.82) is 0 Å². The van der Waals surface area contributed by atoms with Gasteiger partial charge in [0.05, 0.1) is 0 Å². The number of phenolic OH excluding ortho intramolecular Hbond substituents is 1. The van der Waals surface area contributed by atoms with E-state index < -0.39 is 0 Å². The van der Waals surface area contributed by atoms with E-state index in [2.05, 4.69) is 15.9 Å². The van der Waals surface area contributed by atoms with Crippen LogP contribution in [-0.2, 0) is 6.61 Å². The van der Waals surface area contributed by atoms with Gasteiger partial charge in [-0.25, -0.2) is 0 Å². The molecule has 2 rings (SSSR count). The average Bonchev–Trinajstić information content (AvgIpc) is 2.33. The zero-order valence-electron chi connectivity index (χ0n) is 9.48. The maximum Gasteiger partial charge on any atom is 0.120 e. The maximum absolute atomic E-state index is 9.16. The molecule has 2 aromatic rings. The molecule has 0 unspecified atom stereocenters. The molecular formula is C14H13BrO2. The number of aromatic hydroxyl groups is 1. The highest BCUT2D eigenvalue weighted by Gasteiger charge is 1.99. The van der Waals surface area contributed by atoms with Gasteiger partial charge in [-0.3, -0.25) is 0 Å². The highest BCUT2D eigenvalue weighted by atomic mass is 79.9. The van der Waals surface area contributed by atoms with Crippen LogP contribution in [-0.4, -0.2) is 5.11 Å². The van der Waals surface area contributed by atoms with Crippen molar-refractivity contribution in [2.24, 2.45) is 0 Å². The smallest absolute Gasteiger partial charge is 0.120 e. The van der Waals surface area contributed by atoms with Crippen LogP contribution in [0.25, 0.3) is 0 Å². The third-order valence-electron chi connectivity index (χ3n) is 2.47. The summed E-state index contributed by atoms with van der Waals surface area (Å²) < 4.78 is 6.74. The molecule has 0 heterocycles. The lowest BCUT2D eigenvalue weighted by atomic mass is 10.2. The van der Waals surface area contributed by atoms with Crippen molar-refractivity contribution in [2.75, 3.05) is 0 Å². The van der Waals surface area contributed by atoms with Crippen LogP contribution in [0, 0.1) is 6.92 Å². The van der Waals surface area contributed by atoms with Crippen molar-refractivity contribution in [1.82, 2.24) is 0 Å². The summed E-state index contributed by atoms with van der Waals surface area (Å²) in [5.41, 5.74) is 2.18. The zero-order chi connectivity index (χ0) is 12.3. The fourth-order valence-electron chi connectivity index (χ4n) is 1.47. The summed E-state index contributed by atoms with van der Waals surface area (Å²) in [6.45, 7) is 2.53. The molecule has 0 saturated carbocycles. The molecule has 0 aliphatic rings. The molecule has 0 radical (unpaired) electrons. The monoisotopic (exact) mass is 292 g/mol. The standard InChI is InChI=1S/C14H13BrO2/c1-10-8-13(6-7-14(10)15)17-9-11-2-4-12(16)5-3-11/h2-8,16H,9H2,1H3. The van der Waals surface area contributed by atoms with Crippen molar-refractivity contribution >= 4 is 15.9 Å². The Hall–Kier alpha value is -1.48. The Kier molecular flexibility index (Phi) is 3.69. The summed E-state index contributed by atoms with van der Waals surface area (Å²) in [4.78, 5) is 0. The lowest BCUT2D eigenvalue weighted by Crippen LogP contribution is -1.95. The Morgan fingerprint density at radius 3 is 2.47 bits per heavy atom. The summed E-state index contributed by atoms with van der Waals surface area (Å²) in [7, 11) is 0. The van der Waals surface area contributed by atoms with Crippen LogP contribution in [0.2, 0.25) is 0 Å². The zero-order valence-corrected chi connectivity index (χ0v) is 11.1. The van der Waals surface area contributed by atoms with Gasteiger partial charge < -0.3 is 9.84 Å². The van der Waals surface area contributed by atoms with Crippen molar-refractivity contribution in [3.8, 4) is 11.5 Å². The van der Waals surface area contributed by atoms with E-state index in [1.807, 2.05) is 37.3 Å². The predicted octanol–water partition coefficient (Wildman–Crippen LogP) is 4.04. The average molecular weight is 293 g/mol. The Balaban J connectivity index is 2.02. The third-order valence-corrected chi connectivity index (χ3v) is 3.36. The molecule has 2 nitrogen and oxygen atoms in total. The van der Waals surface area contributed by atoms with E-state index in [1.165, 1.54) is 0 Å². The number of hydrogen-bond donors (Lipinski definition) is 1. The molecule has 0 spiro atoms. The number of ether oxygens (including phenoxy) is 1. The number of aryl methyl sites for hydroxylation is 1. The Morgan fingerprint density at radius 2 is 1.82 bits per heavy atom. The van der Waals surface area contributed by atoms with Gasteiger partial charge in [0.25, 0.3) is 0 Å². The van der Waals surface area contributed by atoms with Gasteiger partial charge in [-0.05, 0) is 48.4 Å². The fraction of sp³-hybridized carbons (Fsp3) is 0.143. The number of halogens is 1. The first kappa shape index (κ1) is 12.0. The minimum atomic E-state index is 0.272. The summed E-state index contributed by atoms with van der Waals surface area (Å²) in [5, 5.41) is 9.16. The van der Waals surface area contributed by atoms with Gasteiger partial charge in [-0.15, -0.1) is 0 Å². The minimum absolute atomic E-state index is 0.272. The summed E-state index contributed by atoms with van der Waals surface area (Å²) in [6.07, 6.45) is 0. The SMILES string of the molecule is Cc1cc(OCc2ccc(O)cc2)ccc1Br. The van der Waals surface area contributed by atoms with Crippen molar-refractivity contribution < 1.29 is 9.84 Å². The Bertz CT molecular complexity index is 506. The van der Waals surface area contributed by atoms with Gasteiger partial charge in [-0.1, -0.05) is 28.1 Å². The van der Waals surface area contributed by atoms with E-state index >= 15 is 0 Å². The molecule has 0 amide bonds. The third kappa shape index (κ3) is 3.24. The molecule has 2 aromatic carbocycles. The Labute approximate surface area is 109 Å². The van der Waals surface area contributed by atoms with E-state index in [-0.39, 0.29) is 5.75 Å². The van der Waals surface area contributed by atoms with Gasteiger partial charge in [-0.2, -0.15) is 0 Å². The second kappa shape index (κ2) is 5.23. The normalized spacial score (nSPS) is 10.2. The number of rotatable bonds is 3. The lowest BCUT2D eigenvalue weighted by molar-refractivity contribution is 0.306. The van der Waals surface area contributed by atoms with Gasteiger partial charge in [0.15, 0.2) is 0 Å². The highest BCUT2D eigenvalue weighted by Crippen LogP contribution is 2.22. The molecule has 0 aliphatic heterocycles. The van der Waals surface area contributed by atoms with Gasteiger partial charge in [0.2, 0.25) is 0 Å². The molecule has 0 fully saturated rings. The minimum Gasteiger partial charge on any atom is -0.508 e. The van der Waals surface area contributed by atoms with E-state index in [0.717, 1.165) is 21.3 Å². The van der Waals surface area contributed by atoms with Gasteiger partial charge >= 0.3 is 0 Å². The van der Waals surface area contributed by atoms with Crippen molar-refractivity contribution in [2.45, 2.75) is 13.5 Å². The van der Waals surface area contributed by atoms with E-state index in [0.29, 0.717) is 6.61 Å². The number of hydrogen-bond acceptors (Lipinski definition) is 2. The highest BCUT2D eigenvalue weighted by molar-refractivity contribution is 9.10. The fourth-order valence-corrected chi connectivity index (χ4v) is 1.71. The van der Waals surface area contributed by atoms with E-state index in [1.54, 1.807) is 12.1 Å². The largest absolute Gasteiger partial charge is 0.508 e. The topological polar surface area (TPSA) is 29.5 Å². The Morgan fingerprint density at radius 1 is 1.12 bits per heavy atom. The first-order valence-corrected chi connectivity index (χ1v) is 6.11. The summed E-state index contributed by atoms with van der Waals surface area (Å²) >= 11 is 3.45.